The summed E-state index contributed by atoms with van der Waals surface area (Å²) in [6.07, 6.45) is 0. The van der Waals surface area contributed by atoms with E-state index in [-0.39, 0.29) is 38.4 Å². The minimum Gasteiger partial charge on any atom is -0.508 e. The first-order chi connectivity index (χ1) is 18.6. The second-order valence-corrected chi connectivity index (χ2v) is 10.4. The maximum absolute atomic E-state index is 11.6. The van der Waals surface area contributed by atoms with E-state index >= 15 is 0 Å². The predicted octanol–water partition coefficient (Wildman–Crippen LogP) is -0.776. The van der Waals surface area contributed by atoms with Crippen molar-refractivity contribution in [3.63, 3.8) is 0 Å². The van der Waals surface area contributed by atoms with E-state index in [1.807, 2.05) is 24.3 Å². The standard InChI is InChI=1S/C29H10B7ClO2/c30-10-1-5-17-15(7-10)29(16-8-11(31)2-6-18(16)39-17)14-4-3-12(37)9-13(14)19-20-21(28(38)25(34)22(19)29)24(33)27(36)26(35)23(20)32/h1-9,38H. The summed E-state index contributed by atoms with van der Waals surface area (Å²) in [6.45, 7) is 0. The lowest BCUT2D eigenvalue weighted by Crippen LogP contribution is -2.48. The van der Waals surface area contributed by atoms with Crippen molar-refractivity contribution in [2.45, 2.75) is 5.41 Å². The van der Waals surface area contributed by atoms with E-state index in [1.165, 1.54) is 0 Å². The Morgan fingerprint density at radius 1 is 0.615 bits per heavy atom. The first kappa shape index (κ1) is 24.7. The molecule has 1 aliphatic carbocycles. The molecule has 0 fully saturated rings. The van der Waals surface area contributed by atoms with Crippen LogP contribution in [0.4, 0.5) is 0 Å². The van der Waals surface area contributed by atoms with E-state index < -0.39 is 5.41 Å². The largest absolute Gasteiger partial charge is 0.508 e. The Bertz CT molecular complexity index is 1900. The van der Waals surface area contributed by atoms with Gasteiger partial charge in [0.05, 0.1) is 5.41 Å². The molecule has 0 atom stereocenters. The van der Waals surface area contributed by atoms with Crippen LogP contribution in [0.3, 0.4) is 0 Å². The van der Waals surface area contributed by atoms with Gasteiger partial charge in [-0.2, -0.15) is 0 Å². The molecule has 1 spiro atoms. The Morgan fingerprint density at radius 3 is 1.77 bits per heavy atom. The summed E-state index contributed by atoms with van der Waals surface area (Å²) in [4.78, 5) is 0. The first-order valence-corrected chi connectivity index (χ1v) is 12.4. The van der Waals surface area contributed by atoms with Crippen molar-refractivity contribution >= 4 is 116 Å². The Morgan fingerprint density at radius 2 is 1.18 bits per heavy atom. The lowest BCUT2D eigenvalue weighted by atomic mass is 9.60. The van der Waals surface area contributed by atoms with Crippen molar-refractivity contribution < 1.29 is 9.84 Å². The van der Waals surface area contributed by atoms with Crippen molar-refractivity contribution in [1.29, 1.82) is 0 Å². The van der Waals surface area contributed by atoms with E-state index in [1.54, 1.807) is 30.3 Å². The van der Waals surface area contributed by atoms with E-state index in [0.29, 0.717) is 55.1 Å². The Balaban J connectivity index is 1.83. The number of benzene rings is 5. The summed E-state index contributed by atoms with van der Waals surface area (Å²) >= 11 is 6.57. The number of rotatable bonds is 0. The van der Waals surface area contributed by atoms with Gasteiger partial charge < -0.3 is 9.84 Å². The summed E-state index contributed by atoms with van der Waals surface area (Å²) in [5.41, 5.74) is 4.56. The predicted molar refractivity (Wildman–Crippen MR) is 166 cm³/mol. The molecule has 2 aliphatic rings. The lowest BCUT2D eigenvalue weighted by molar-refractivity contribution is 0.436. The molecule has 166 valence electrons. The van der Waals surface area contributed by atoms with Gasteiger partial charge in [0.25, 0.3) is 0 Å². The summed E-state index contributed by atoms with van der Waals surface area (Å²) in [5, 5.41) is 12.8. The number of phenols is 1. The van der Waals surface area contributed by atoms with Gasteiger partial charge in [0.2, 0.25) is 0 Å². The maximum atomic E-state index is 11.6. The van der Waals surface area contributed by atoms with Crippen molar-refractivity contribution in [3.05, 3.63) is 81.9 Å². The summed E-state index contributed by atoms with van der Waals surface area (Å²) in [7, 11) is 45.1. The minimum absolute atomic E-state index is 0.0657. The molecular formula is C29H10B7ClO2. The quantitative estimate of drug-likeness (QED) is 0.277. The number of fused-ring (bicyclic) bond motifs is 11. The summed E-state index contributed by atoms with van der Waals surface area (Å²) < 4.78 is 6.34. The summed E-state index contributed by atoms with van der Waals surface area (Å²) in [5.74, 6) is 0.873. The van der Waals surface area contributed by atoms with Crippen molar-refractivity contribution in [1.82, 2.24) is 0 Å². The molecule has 5 aromatic carbocycles. The molecule has 0 aromatic heterocycles. The molecule has 7 rings (SSSR count). The number of ether oxygens (including phenoxy) is 1. The highest BCUT2D eigenvalue weighted by atomic mass is 35.5. The molecular weight excluding hydrogens is 491 g/mol. The Hall–Kier alpha value is -3.30. The molecule has 1 aliphatic heterocycles. The minimum atomic E-state index is -1.12. The molecule has 1 heterocycles. The number of phenolic OH excluding ortho intramolecular Hbond substituents is 1. The van der Waals surface area contributed by atoms with Gasteiger partial charge in [-0.3, -0.25) is 0 Å². The van der Waals surface area contributed by atoms with Gasteiger partial charge in [-0.05, 0) is 57.4 Å². The highest BCUT2D eigenvalue weighted by Gasteiger charge is 2.53. The molecule has 2 nitrogen and oxygen atoms in total. The average molecular weight is 502 g/mol. The van der Waals surface area contributed by atoms with E-state index in [0.717, 1.165) is 11.1 Å². The zero-order valence-corrected chi connectivity index (χ0v) is 21.2. The van der Waals surface area contributed by atoms with Crippen LogP contribution in [0.15, 0.2) is 54.6 Å². The fourth-order valence-electron chi connectivity index (χ4n) is 6.37. The Kier molecular flexibility index (Phi) is 5.14. The van der Waals surface area contributed by atoms with Gasteiger partial charge in [0.1, 0.15) is 72.2 Å². The molecule has 0 amide bonds. The zero-order valence-electron chi connectivity index (χ0n) is 20.5. The lowest BCUT2D eigenvalue weighted by Gasteiger charge is -2.41. The highest BCUT2D eigenvalue weighted by molar-refractivity contribution is 6.67. The van der Waals surface area contributed by atoms with Crippen LogP contribution < -0.4 is 43.0 Å². The third-order valence-corrected chi connectivity index (χ3v) is 8.22. The third kappa shape index (κ3) is 2.97. The molecule has 0 bridgehead atoms. The van der Waals surface area contributed by atoms with E-state index in [4.69, 9.17) is 71.3 Å². The third-order valence-electron chi connectivity index (χ3n) is 7.99. The van der Waals surface area contributed by atoms with Gasteiger partial charge in [-0.1, -0.05) is 63.8 Å². The van der Waals surface area contributed by atoms with Crippen LogP contribution in [0.5, 0.6) is 17.2 Å². The molecule has 0 saturated carbocycles. The van der Waals surface area contributed by atoms with Crippen LogP contribution in [-0.4, -0.2) is 60.0 Å². The second kappa shape index (κ2) is 8.11. The van der Waals surface area contributed by atoms with Crippen LogP contribution in [0, 0.1) is 0 Å². The molecule has 0 saturated heterocycles. The normalized spacial score (nSPS) is 14.0. The molecule has 0 unspecified atom stereocenters. The van der Waals surface area contributed by atoms with Crippen molar-refractivity contribution in [2.75, 3.05) is 0 Å². The number of halogens is 1. The number of hydrogen-bond donors (Lipinski definition) is 1. The SMILES string of the molecule is [B]c1ccc2c(c1)C1(c3cc([B])ccc3O2)c2ccc(Cl)cc2-c2c1c([B])c(O)c1c([B])c([B])c([B])c([B])c21. The summed E-state index contributed by atoms with van der Waals surface area (Å²) in [6, 6.07) is 16.4. The molecule has 14 radical (unpaired) electrons. The monoisotopic (exact) mass is 502 g/mol. The average Bonchev–Trinajstić information content (AvgIpc) is 3.20. The second-order valence-electron chi connectivity index (χ2n) is 9.97. The smallest absolute Gasteiger partial charge is 0.132 e. The van der Waals surface area contributed by atoms with Gasteiger partial charge in [0, 0.05) is 21.5 Å². The zero-order chi connectivity index (χ0) is 27.5. The van der Waals surface area contributed by atoms with Crippen LogP contribution in [0.2, 0.25) is 5.02 Å². The fraction of sp³-hybridized carbons (Fsp3) is 0.0345. The molecule has 10 heteroatoms. The fourth-order valence-corrected chi connectivity index (χ4v) is 6.55. The van der Waals surface area contributed by atoms with Crippen LogP contribution in [-0.2, 0) is 5.41 Å². The maximum Gasteiger partial charge on any atom is 0.132 e. The van der Waals surface area contributed by atoms with Crippen LogP contribution in [0.25, 0.3) is 21.9 Å². The first-order valence-electron chi connectivity index (χ1n) is 12.1. The van der Waals surface area contributed by atoms with Crippen molar-refractivity contribution in [2.24, 2.45) is 0 Å². The van der Waals surface area contributed by atoms with Crippen LogP contribution >= 0.6 is 11.6 Å². The van der Waals surface area contributed by atoms with Gasteiger partial charge >= 0.3 is 0 Å². The number of hydrogen-bond acceptors (Lipinski definition) is 2. The van der Waals surface area contributed by atoms with Gasteiger partial charge in [-0.15, -0.1) is 10.9 Å². The van der Waals surface area contributed by atoms with Crippen molar-refractivity contribution in [3.8, 4) is 28.4 Å². The van der Waals surface area contributed by atoms with E-state index in [9.17, 15) is 5.11 Å². The molecule has 39 heavy (non-hydrogen) atoms. The van der Waals surface area contributed by atoms with Gasteiger partial charge in [-0.25, -0.2) is 0 Å². The van der Waals surface area contributed by atoms with Gasteiger partial charge in [0.15, 0.2) is 0 Å². The number of aromatic hydroxyl groups is 1. The van der Waals surface area contributed by atoms with E-state index in [2.05, 4.69) is 0 Å². The highest BCUT2D eigenvalue weighted by Crippen LogP contribution is 2.62. The van der Waals surface area contributed by atoms with Crippen LogP contribution in [0.1, 0.15) is 22.3 Å². The topological polar surface area (TPSA) is 29.5 Å². The molecule has 5 aromatic rings. The molecule has 1 N–H and O–H groups in total. The Labute approximate surface area is 240 Å².